The molecule has 7 nitrogen and oxygen atoms in total. The fraction of sp³-hybridized carbons (Fsp3) is 0.280. The normalized spacial score (nSPS) is 17.0. The van der Waals surface area contributed by atoms with E-state index in [9.17, 15) is 12.8 Å². The highest BCUT2D eigenvalue weighted by Gasteiger charge is 2.28. The van der Waals surface area contributed by atoms with Crippen molar-refractivity contribution in [2.75, 3.05) is 44.4 Å². The van der Waals surface area contributed by atoms with Gasteiger partial charge in [0.15, 0.2) is 11.5 Å². The molecule has 1 N–H and O–H groups in total. The van der Waals surface area contributed by atoms with Crippen LogP contribution in [0.15, 0.2) is 77.7 Å². The molecule has 0 aromatic heterocycles. The number of halogens is 1. The Balaban J connectivity index is 1.35. The summed E-state index contributed by atoms with van der Waals surface area (Å²) < 4.78 is 52.9. The molecule has 1 atom stereocenters. The van der Waals surface area contributed by atoms with E-state index in [2.05, 4.69) is 14.5 Å². The molecule has 0 amide bonds. The van der Waals surface area contributed by atoms with E-state index >= 15 is 0 Å². The number of sulfonamides is 1. The molecule has 34 heavy (non-hydrogen) atoms. The highest BCUT2D eigenvalue weighted by molar-refractivity contribution is 7.89. The summed E-state index contributed by atoms with van der Waals surface area (Å²) in [6, 6.07) is 20.4. The number of piperazine rings is 1. The molecular weight excluding hydrogens is 457 g/mol. The Morgan fingerprint density at radius 2 is 1.59 bits per heavy atom. The molecule has 1 saturated heterocycles. The number of fused-ring (bicyclic) bond motifs is 1. The van der Waals surface area contributed by atoms with Crippen LogP contribution in [0.2, 0.25) is 0 Å². The molecule has 1 fully saturated rings. The highest BCUT2D eigenvalue weighted by atomic mass is 32.2. The maximum Gasteiger partial charge on any atom is 0.240 e. The number of anilines is 1. The largest absolute Gasteiger partial charge is 0.454 e. The van der Waals surface area contributed by atoms with Crippen LogP contribution in [0.3, 0.4) is 0 Å². The van der Waals surface area contributed by atoms with Crippen LogP contribution >= 0.6 is 0 Å². The van der Waals surface area contributed by atoms with Gasteiger partial charge in [-0.3, -0.25) is 4.90 Å². The van der Waals surface area contributed by atoms with E-state index in [4.69, 9.17) is 9.47 Å². The summed E-state index contributed by atoms with van der Waals surface area (Å²) in [5.41, 5.74) is 1.93. The van der Waals surface area contributed by atoms with Crippen LogP contribution in [0.1, 0.15) is 11.6 Å². The number of ether oxygens (including phenoxy) is 2. The molecule has 178 valence electrons. The summed E-state index contributed by atoms with van der Waals surface area (Å²) in [6.07, 6.45) is 0. The molecule has 9 heteroatoms. The molecule has 5 rings (SSSR count). The number of nitrogens with one attached hydrogen (secondary N) is 1. The van der Waals surface area contributed by atoms with E-state index < -0.39 is 10.0 Å². The summed E-state index contributed by atoms with van der Waals surface area (Å²) in [5, 5.41) is 0. The summed E-state index contributed by atoms with van der Waals surface area (Å²) in [6.45, 7) is 3.34. The Bertz CT molecular complexity index is 1230. The van der Waals surface area contributed by atoms with Crippen LogP contribution in [0.5, 0.6) is 11.5 Å². The third-order valence-corrected chi connectivity index (χ3v) is 7.69. The van der Waals surface area contributed by atoms with Gasteiger partial charge >= 0.3 is 0 Å². The number of benzene rings is 3. The van der Waals surface area contributed by atoms with Crippen LogP contribution in [0, 0.1) is 5.82 Å². The predicted octanol–water partition coefficient (Wildman–Crippen LogP) is 3.40. The molecule has 2 heterocycles. The van der Waals surface area contributed by atoms with Gasteiger partial charge in [0.25, 0.3) is 0 Å². The van der Waals surface area contributed by atoms with Gasteiger partial charge < -0.3 is 14.4 Å². The molecular formula is C25H26FN3O4S. The lowest BCUT2D eigenvalue weighted by molar-refractivity contribution is 0.173. The quantitative estimate of drug-likeness (QED) is 0.556. The molecule has 0 unspecified atom stereocenters. The first-order valence-electron chi connectivity index (χ1n) is 11.2. The minimum atomic E-state index is -3.65. The second kappa shape index (κ2) is 9.61. The zero-order chi connectivity index (χ0) is 23.5. The summed E-state index contributed by atoms with van der Waals surface area (Å²) >= 11 is 0. The fourth-order valence-corrected chi connectivity index (χ4v) is 5.45. The van der Waals surface area contributed by atoms with E-state index in [0.29, 0.717) is 11.5 Å². The minimum Gasteiger partial charge on any atom is -0.454 e. The van der Waals surface area contributed by atoms with Gasteiger partial charge in [-0.25, -0.2) is 17.5 Å². The molecule has 2 aliphatic rings. The van der Waals surface area contributed by atoms with Gasteiger partial charge in [0.2, 0.25) is 16.8 Å². The molecule has 0 saturated carbocycles. The maximum absolute atomic E-state index is 13.3. The zero-order valence-corrected chi connectivity index (χ0v) is 19.4. The first kappa shape index (κ1) is 22.6. The molecule has 3 aromatic carbocycles. The molecule has 0 bridgehead atoms. The van der Waals surface area contributed by atoms with Crippen molar-refractivity contribution in [1.82, 2.24) is 9.62 Å². The SMILES string of the molecule is O=S(=O)(NC[C@@H](c1ccc2c(c1)OCO2)N1CCN(c2ccc(F)cc2)CC1)c1ccccc1. The summed E-state index contributed by atoms with van der Waals surface area (Å²) in [7, 11) is -3.65. The van der Waals surface area contributed by atoms with Crippen molar-refractivity contribution in [1.29, 1.82) is 0 Å². The van der Waals surface area contributed by atoms with Crippen LogP contribution in [-0.2, 0) is 10.0 Å². The van der Waals surface area contributed by atoms with Crippen molar-refractivity contribution in [3.8, 4) is 11.5 Å². The molecule has 0 radical (unpaired) electrons. The van der Waals surface area contributed by atoms with Gasteiger partial charge in [-0.05, 0) is 54.1 Å². The lowest BCUT2D eigenvalue weighted by atomic mass is 10.0. The van der Waals surface area contributed by atoms with E-state index in [-0.39, 0.29) is 30.1 Å². The molecule has 0 aliphatic carbocycles. The fourth-order valence-electron chi connectivity index (χ4n) is 4.39. The molecule has 2 aliphatic heterocycles. The minimum absolute atomic E-state index is 0.181. The van der Waals surface area contributed by atoms with Crippen LogP contribution < -0.4 is 19.1 Å². The average Bonchev–Trinajstić information content (AvgIpc) is 3.34. The lowest BCUT2D eigenvalue weighted by Crippen LogP contribution is -2.49. The van der Waals surface area contributed by atoms with Crippen LogP contribution in [0.4, 0.5) is 10.1 Å². The maximum atomic E-state index is 13.3. The molecule has 0 spiro atoms. The summed E-state index contributed by atoms with van der Waals surface area (Å²) in [5.74, 6) is 1.10. The van der Waals surface area contributed by atoms with Crippen LogP contribution in [-0.4, -0.2) is 52.8 Å². The standard InChI is InChI=1S/C25H26FN3O4S/c26-20-7-9-21(10-8-20)28-12-14-29(15-13-28)23(19-6-11-24-25(16-19)33-18-32-24)17-27-34(30,31)22-4-2-1-3-5-22/h1-11,16,23,27H,12-15,17-18H2/t23-/m0/s1. The van der Waals surface area contributed by atoms with Crippen molar-refractivity contribution in [3.63, 3.8) is 0 Å². The number of rotatable bonds is 7. The van der Waals surface area contributed by atoms with Gasteiger partial charge in [-0.2, -0.15) is 0 Å². The molecule has 3 aromatic rings. The number of nitrogens with zero attached hydrogens (tertiary/aromatic N) is 2. The lowest BCUT2D eigenvalue weighted by Gasteiger charge is -2.40. The van der Waals surface area contributed by atoms with E-state index in [1.807, 2.05) is 18.2 Å². The zero-order valence-electron chi connectivity index (χ0n) is 18.6. The second-order valence-electron chi connectivity index (χ2n) is 8.29. The Kier molecular flexibility index (Phi) is 6.40. The van der Waals surface area contributed by atoms with E-state index in [0.717, 1.165) is 37.4 Å². The predicted molar refractivity (Wildman–Crippen MR) is 127 cm³/mol. The van der Waals surface area contributed by atoms with Crippen molar-refractivity contribution < 1.29 is 22.3 Å². The topological polar surface area (TPSA) is 71.1 Å². The van der Waals surface area contributed by atoms with Gasteiger partial charge in [0.05, 0.1) is 4.90 Å². The third-order valence-electron chi connectivity index (χ3n) is 6.25. The van der Waals surface area contributed by atoms with Gasteiger partial charge in [-0.1, -0.05) is 24.3 Å². The van der Waals surface area contributed by atoms with Gasteiger partial charge in [0.1, 0.15) is 5.82 Å². The van der Waals surface area contributed by atoms with E-state index in [1.54, 1.807) is 42.5 Å². The Morgan fingerprint density at radius 1 is 0.882 bits per heavy atom. The smallest absolute Gasteiger partial charge is 0.240 e. The van der Waals surface area contributed by atoms with Gasteiger partial charge in [-0.15, -0.1) is 0 Å². The van der Waals surface area contributed by atoms with Crippen molar-refractivity contribution in [2.45, 2.75) is 10.9 Å². The summed E-state index contributed by atoms with van der Waals surface area (Å²) in [4.78, 5) is 4.71. The third kappa shape index (κ3) is 4.86. The first-order chi connectivity index (χ1) is 16.5. The number of hydrogen-bond donors (Lipinski definition) is 1. The first-order valence-corrected chi connectivity index (χ1v) is 12.7. The average molecular weight is 484 g/mol. The Morgan fingerprint density at radius 3 is 2.32 bits per heavy atom. The monoisotopic (exact) mass is 483 g/mol. The highest BCUT2D eigenvalue weighted by Crippen LogP contribution is 2.36. The van der Waals surface area contributed by atoms with Crippen molar-refractivity contribution in [2.24, 2.45) is 0 Å². The second-order valence-corrected chi connectivity index (χ2v) is 10.1. The van der Waals surface area contributed by atoms with Crippen LogP contribution in [0.25, 0.3) is 0 Å². The van der Waals surface area contributed by atoms with E-state index in [1.165, 1.54) is 12.1 Å². The van der Waals surface area contributed by atoms with Gasteiger partial charge in [0, 0.05) is 44.5 Å². The Hall–Kier alpha value is -3.14. The van der Waals surface area contributed by atoms with Crippen molar-refractivity contribution in [3.05, 3.63) is 84.2 Å². The Labute approximate surface area is 198 Å². The number of hydrogen-bond acceptors (Lipinski definition) is 6. The van der Waals surface area contributed by atoms with Crippen molar-refractivity contribution >= 4 is 15.7 Å².